The molecule has 1 saturated heterocycles. The zero-order valence-electron chi connectivity index (χ0n) is 11.0. The molecule has 2 heterocycles. The Morgan fingerprint density at radius 3 is 2.53 bits per heavy atom. The highest BCUT2D eigenvalue weighted by molar-refractivity contribution is 5.77. The SMILES string of the molecule is CC(OC(=O)C(C)C)On1on1N1CC[C@H]1C(=O)O. The quantitative estimate of drug-likeness (QED) is 0.559. The van der Waals surface area contributed by atoms with E-state index in [9.17, 15) is 9.59 Å². The number of carbonyl (C=O) groups is 2. The number of hydrogen-bond acceptors (Lipinski definition) is 6. The molecule has 9 nitrogen and oxygen atoms in total. The molecule has 1 aromatic rings. The minimum absolute atomic E-state index is 0.246. The van der Waals surface area contributed by atoms with Gasteiger partial charge in [0, 0.05) is 13.5 Å². The van der Waals surface area contributed by atoms with E-state index in [1.54, 1.807) is 20.8 Å². The molecule has 1 unspecified atom stereocenters. The Labute approximate surface area is 109 Å². The maximum Gasteiger partial charge on any atom is 0.328 e. The van der Waals surface area contributed by atoms with Crippen molar-refractivity contribution in [3.8, 4) is 0 Å². The number of hydrogen-bond donors (Lipinski definition) is 1. The highest BCUT2D eigenvalue weighted by atomic mass is 17.0. The molecule has 1 aliphatic rings. The molecule has 108 valence electrons. The van der Waals surface area contributed by atoms with Crippen molar-refractivity contribution in [2.45, 2.75) is 39.5 Å². The van der Waals surface area contributed by atoms with Crippen LogP contribution in [-0.2, 0) is 14.3 Å². The number of aliphatic carboxylic acids is 1. The first-order valence-corrected chi connectivity index (χ1v) is 6.05. The van der Waals surface area contributed by atoms with Crippen molar-refractivity contribution in [2.75, 3.05) is 11.6 Å². The second-order valence-electron chi connectivity index (χ2n) is 4.64. The molecule has 1 N–H and O–H groups in total. The standard InChI is InChI=1S/C10H17N3O6/c1-6(2)10(16)17-7(3)18-13-12(19-13)11-5-4-8(11)9(14)15/h6-8H,4-5H2,1-3H3,(H,14,15)/t7?,8-,12?,13?/m0/s1. The molecule has 0 saturated carbocycles. The van der Waals surface area contributed by atoms with E-state index in [0.29, 0.717) is 13.0 Å². The zero-order chi connectivity index (χ0) is 14.2. The van der Waals surface area contributed by atoms with Gasteiger partial charge in [0.05, 0.1) is 10.9 Å². The maximum absolute atomic E-state index is 11.3. The Kier molecular flexibility index (Phi) is 3.45. The Morgan fingerprint density at radius 2 is 2.05 bits per heavy atom. The highest BCUT2D eigenvalue weighted by Crippen LogP contribution is 2.18. The largest absolute Gasteiger partial charge is 0.480 e. The van der Waals surface area contributed by atoms with Crippen molar-refractivity contribution in [3.05, 3.63) is 0 Å². The lowest BCUT2D eigenvalue weighted by atomic mass is 10.1. The highest BCUT2D eigenvalue weighted by Gasteiger charge is 2.40. The fourth-order valence-corrected chi connectivity index (χ4v) is 1.52. The summed E-state index contributed by atoms with van der Waals surface area (Å²) >= 11 is 0. The lowest BCUT2D eigenvalue weighted by Gasteiger charge is -2.33. The van der Waals surface area contributed by atoms with Crippen LogP contribution in [0.3, 0.4) is 0 Å². The van der Waals surface area contributed by atoms with E-state index in [1.807, 2.05) is 0 Å². The third kappa shape index (κ3) is 2.85. The summed E-state index contributed by atoms with van der Waals surface area (Å²) in [4.78, 5) is 28.5. The van der Waals surface area contributed by atoms with E-state index in [2.05, 4.69) is 0 Å². The van der Waals surface area contributed by atoms with Gasteiger partial charge in [-0.25, -0.2) is 9.80 Å². The summed E-state index contributed by atoms with van der Waals surface area (Å²) in [6, 6.07) is -0.609. The van der Waals surface area contributed by atoms with Gasteiger partial charge in [-0.05, 0) is 6.42 Å². The monoisotopic (exact) mass is 275 g/mol. The predicted octanol–water partition coefficient (Wildman–Crippen LogP) is -0.349. The number of aromatic nitrogens is 2. The van der Waals surface area contributed by atoms with Crippen molar-refractivity contribution < 1.29 is 28.9 Å². The molecule has 19 heavy (non-hydrogen) atoms. The van der Waals surface area contributed by atoms with Gasteiger partial charge in [-0.15, -0.1) is 0 Å². The van der Waals surface area contributed by atoms with E-state index >= 15 is 0 Å². The van der Waals surface area contributed by atoms with Gasteiger partial charge in [-0.3, -0.25) is 4.79 Å². The lowest BCUT2D eigenvalue weighted by molar-refractivity contribution is -0.184. The Morgan fingerprint density at radius 1 is 1.37 bits per heavy atom. The van der Waals surface area contributed by atoms with Gasteiger partial charge in [0.25, 0.3) is 6.29 Å². The van der Waals surface area contributed by atoms with Crippen LogP contribution < -0.4 is 9.85 Å². The first-order chi connectivity index (χ1) is 8.90. The van der Waals surface area contributed by atoms with Crippen molar-refractivity contribution in [2.24, 2.45) is 5.92 Å². The van der Waals surface area contributed by atoms with Gasteiger partial charge in [0.1, 0.15) is 11.1 Å². The van der Waals surface area contributed by atoms with E-state index in [-0.39, 0.29) is 11.9 Å². The van der Waals surface area contributed by atoms with E-state index in [1.165, 1.54) is 9.97 Å². The van der Waals surface area contributed by atoms with Crippen LogP contribution in [0.15, 0.2) is 4.63 Å². The molecule has 2 rings (SSSR count). The number of ether oxygens (including phenoxy) is 1. The molecule has 1 aromatic heterocycles. The van der Waals surface area contributed by atoms with Crippen LogP contribution in [0.1, 0.15) is 27.2 Å². The Bertz CT molecular complexity index is 459. The van der Waals surface area contributed by atoms with Crippen molar-refractivity contribution in [1.82, 2.24) is 9.98 Å². The van der Waals surface area contributed by atoms with Gasteiger partial charge in [-0.2, -0.15) is 4.63 Å². The lowest BCUT2D eigenvalue weighted by Crippen LogP contribution is -2.57. The first kappa shape index (κ1) is 13.4. The second kappa shape index (κ2) is 4.90. The number of esters is 1. The molecule has 1 aliphatic heterocycles. The zero-order valence-corrected chi connectivity index (χ0v) is 11.0. The summed E-state index contributed by atoms with van der Waals surface area (Å²) < 4.78 is 9.90. The summed E-state index contributed by atoms with van der Waals surface area (Å²) in [5, 5.41) is 11.3. The molecular weight excluding hydrogens is 258 g/mol. The second-order valence-corrected chi connectivity index (χ2v) is 4.64. The van der Waals surface area contributed by atoms with Gasteiger partial charge in [0.15, 0.2) is 0 Å². The molecule has 1 fully saturated rings. The smallest absolute Gasteiger partial charge is 0.328 e. The number of carboxylic acids is 1. The molecule has 0 bridgehead atoms. The van der Waals surface area contributed by atoms with Crippen LogP contribution in [0, 0.1) is 5.92 Å². The number of carboxylic acid groups (broad SMARTS) is 1. The molecule has 0 spiro atoms. The summed E-state index contributed by atoms with van der Waals surface area (Å²) in [5.41, 5.74) is 0. The summed E-state index contributed by atoms with van der Waals surface area (Å²) in [6.45, 7) is 5.54. The summed E-state index contributed by atoms with van der Waals surface area (Å²) in [6.07, 6.45) is -0.259. The minimum atomic E-state index is -0.916. The maximum atomic E-state index is 11.3. The Hall–Kier alpha value is -2.06. The molecule has 9 heteroatoms. The van der Waals surface area contributed by atoms with Crippen molar-refractivity contribution >= 4 is 11.9 Å². The molecule has 2 atom stereocenters. The fraction of sp³-hybridized carbons (Fsp3) is 0.800. The summed E-state index contributed by atoms with van der Waals surface area (Å²) in [5.74, 6) is -1.54. The fourth-order valence-electron chi connectivity index (χ4n) is 1.52. The van der Waals surface area contributed by atoms with E-state index < -0.39 is 18.3 Å². The number of carbonyl (C=O) groups excluding carboxylic acids is 1. The van der Waals surface area contributed by atoms with Crippen molar-refractivity contribution in [1.29, 1.82) is 0 Å². The van der Waals surface area contributed by atoms with Crippen LogP contribution in [0.4, 0.5) is 0 Å². The van der Waals surface area contributed by atoms with Crippen LogP contribution in [0.2, 0.25) is 0 Å². The topological polar surface area (TPSA) is 99.1 Å². The number of rotatable bonds is 6. The van der Waals surface area contributed by atoms with E-state index in [4.69, 9.17) is 19.3 Å². The van der Waals surface area contributed by atoms with Gasteiger partial charge in [-0.1, -0.05) is 13.8 Å². The molecule has 0 aromatic carbocycles. The number of nitrogens with zero attached hydrogens (tertiary/aromatic N) is 3. The summed E-state index contributed by atoms with van der Waals surface area (Å²) in [7, 11) is 0. The normalized spacial score (nSPS) is 20.2. The van der Waals surface area contributed by atoms with Crippen LogP contribution in [-0.4, -0.2) is 45.9 Å². The first-order valence-electron chi connectivity index (χ1n) is 6.05. The molecule has 0 amide bonds. The van der Waals surface area contributed by atoms with E-state index in [0.717, 1.165) is 5.02 Å². The average Bonchev–Trinajstić information content (AvgIpc) is 2.93. The molecular formula is C10H17N3O6. The predicted molar refractivity (Wildman–Crippen MR) is 60.8 cm³/mol. The third-order valence-electron chi connectivity index (χ3n) is 2.75. The molecule has 0 radical (unpaired) electrons. The average molecular weight is 275 g/mol. The van der Waals surface area contributed by atoms with Gasteiger partial charge >= 0.3 is 11.9 Å². The van der Waals surface area contributed by atoms with Gasteiger partial charge in [0.2, 0.25) is 0 Å². The third-order valence-corrected chi connectivity index (χ3v) is 2.75. The van der Waals surface area contributed by atoms with Crippen molar-refractivity contribution in [3.63, 3.8) is 0 Å². The van der Waals surface area contributed by atoms with Crippen LogP contribution >= 0.6 is 0 Å². The molecule has 0 aliphatic carbocycles. The van der Waals surface area contributed by atoms with Crippen LogP contribution in [0.25, 0.3) is 0 Å². The Balaban J connectivity index is 1.80. The minimum Gasteiger partial charge on any atom is -0.480 e. The van der Waals surface area contributed by atoms with Crippen LogP contribution in [0.5, 0.6) is 0 Å². The van der Waals surface area contributed by atoms with Gasteiger partial charge < -0.3 is 14.7 Å².